The van der Waals surface area contributed by atoms with Crippen molar-refractivity contribution in [1.29, 1.82) is 0 Å². The summed E-state index contributed by atoms with van der Waals surface area (Å²) in [5.41, 5.74) is 7.13. The number of halogens is 2. The molecule has 0 aromatic carbocycles. The molecule has 1 atom stereocenters. The summed E-state index contributed by atoms with van der Waals surface area (Å²) in [5.74, 6) is 0. The van der Waals surface area contributed by atoms with Crippen LogP contribution in [0.2, 0.25) is 0 Å². The highest BCUT2D eigenvalue weighted by atomic mass is 35.5. The lowest BCUT2D eigenvalue weighted by Gasteiger charge is -2.34. The first-order valence-electron chi connectivity index (χ1n) is 6.23. The van der Waals surface area contributed by atoms with Crippen LogP contribution in [0.15, 0.2) is 24.5 Å². The molecule has 104 valence electrons. The Bertz CT molecular complexity index is 308. The molecule has 2 heterocycles. The maximum absolute atomic E-state index is 5.81. The van der Waals surface area contributed by atoms with E-state index in [0.29, 0.717) is 6.04 Å². The number of hydrogen-bond donors (Lipinski definition) is 1. The van der Waals surface area contributed by atoms with Crippen LogP contribution in [0.4, 0.5) is 0 Å². The average Bonchev–Trinajstić information content (AvgIpc) is 2.38. The molecule has 2 N–H and O–H groups in total. The van der Waals surface area contributed by atoms with Gasteiger partial charge in [0, 0.05) is 31.5 Å². The second-order valence-electron chi connectivity index (χ2n) is 4.53. The summed E-state index contributed by atoms with van der Waals surface area (Å²) in [6.45, 7) is 3.13. The Hall–Kier alpha value is -0.350. The first kappa shape index (κ1) is 17.6. The second-order valence-corrected chi connectivity index (χ2v) is 4.53. The van der Waals surface area contributed by atoms with E-state index >= 15 is 0 Å². The summed E-state index contributed by atoms with van der Waals surface area (Å²) < 4.78 is 0. The van der Waals surface area contributed by atoms with Crippen LogP contribution >= 0.6 is 24.8 Å². The van der Waals surface area contributed by atoms with Crippen LogP contribution in [-0.4, -0.2) is 35.6 Å². The van der Waals surface area contributed by atoms with E-state index in [-0.39, 0.29) is 24.8 Å². The molecule has 1 aromatic rings. The van der Waals surface area contributed by atoms with Gasteiger partial charge in [0.15, 0.2) is 0 Å². The van der Waals surface area contributed by atoms with Crippen molar-refractivity contribution < 1.29 is 0 Å². The Labute approximate surface area is 122 Å². The predicted molar refractivity (Wildman–Crippen MR) is 80.7 cm³/mol. The number of likely N-dealkylation sites (tertiary alicyclic amines) is 1. The van der Waals surface area contributed by atoms with Gasteiger partial charge in [0.1, 0.15) is 0 Å². The maximum atomic E-state index is 5.81. The molecular weight excluding hydrogens is 269 g/mol. The van der Waals surface area contributed by atoms with E-state index in [2.05, 4.69) is 16.0 Å². The second kappa shape index (κ2) is 9.56. The molecule has 1 aliphatic heterocycles. The summed E-state index contributed by atoms with van der Waals surface area (Å²) in [5, 5.41) is 0. The predicted octanol–water partition coefficient (Wildman–Crippen LogP) is 2.28. The molecule has 1 fully saturated rings. The largest absolute Gasteiger partial charge is 0.329 e. The lowest BCUT2D eigenvalue weighted by molar-refractivity contribution is 0.155. The molecule has 1 aliphatic rings. The molecule has 1 unspecified atom stereocenters. The van der Waals surface area contributed by atoms with Gasteiger partial charge < -0.3 is 5.73 Å². The van der Waals surface area contributed by atoms with E-state index in [0.717, 1.165) is 19.5 Å². The fourth-order valence-corrected chi connectivity index (χ4v) is 2.44. The maximum Gasteiger partial charge on any atom is 0.0300 e. The van der Waals surface area contributed by atoms with Gasteiger partial charge >= 0.3 is 0 Å². The molecular formula is C13H23Cl2N3. The molecule has 1 saturated heterocycles. The number of piperidine rings is 1. The lowest BCUT2D eigenvalue weighted by atomic mass is 10.0. The van der Waals surface area contributed by atoms with Gasteiger partial charge in [-0.3, -0.25) is 9.88 Å². The van der Waals surface area contributed by atoms with E-state index < -0.39 is 0 Å². The van der Waals surface area contributed by atoms with Crippen LogP contribution < -0.4 is 5.73 Å². The molecule has 1 aromatic heterocycles. The smallest absolute Gasteiger partial charge is 0.0300 e. The third kappa shape index (κ3) is 5.11. The van der Waals surface area contributed by atoms with Gasteiger partial charge in [-0.1, -0.05) is 12.5 Å². The third-order valence-electron chi connectivity index (χ3n) is 3.43. The average molecular weight is 292 g/mol. The molecule has 0 radical (unpaired) electrons. The quantitative estimate of drug-likeness (QED) is 0.925. The molecule has 3 nitrogen and oxygen atoms in total. The number of nitrogens with zero attached hydrogens (tertiary/aromatic N) is 2. The van der Waals surface area contributed by atoms with Crippen LogP contribution in [0.1, 0.15) is 24.8 Å². The van der Waals surface area contributed by atoms with Gasteiger partial charge in [0.2, 0.25) is 0 Å². The van der Waals surface area contributed by atoms with Gasteiger partial charge in [-0.15, -0.1) is 24.8 Å². The lowest BCUT2D eigenvalue weighted by Crippen LogP contribution is -2.44. The summed E-state index contributed by atoms with van der Waals surface area (Å²) in [4.78, 5) is 6.68. The van der Waals surface area contributed by atoms with Crippen molar-refractivity contribution in [2.24, 2.45) is 5.73 Å². The SMILES string of the molecule is Cl.Cl.NCC1CCCCN1CCc1cccnc1. The number of aromatic nitrogens is 1. The summed E-state index contributed by atoms with van der Waals surface area (Å²) in [7, 11) is 0. The van der Waals surface area contributed by atoms with Gasteiger partial charge in [-0.2, -0.15) is 0 Å². The molecule has 5 heteroatoms. The van der Waals surface area contributed by atoms with Crippen LogP contribution in [0.5, 0.6) is 0 Å². The Kier molecular flexibility index (Phi) is 9.38. The standard InChI is InChI=1S/C13H21N3.2ClH/c14-10-13-5-1-2-8-16(13)9-6-12-4-3-7-15-11-12;;/h3-4,7,11,13H,1-2,5-6,8-10,14H2;2*1H. The van der Waals surface area contributed by atoms with Crippen molar-refractivity contribution >= 4 is 24.8 Å². The van der Waals surface area contributed by atoms with Crippen LogP contribution in [0, 0.1) is 0 Å². The van der Waals surface area contributed by atoms with E-state index in [1.807, 2.05) is 18.5 Å². The normalized spacial score (nSPS) is 19.7. The first-order chi connectivity index (χ1) is 7.90. The van der Waals surface area contributed by atoms with Crippen molar-refractivity contribution in [3.8, 4) is 0 Å². The Balaban J connectivity index is 0.00000144. The monoisotopic (exact) mass is 291 g/mol. The minimum absolute atomic E-state index is 0. The van der Waals surface area contributed by atoms with Gasteiger partial charge in [-0.25, -0.2) is 0 Å². The number of nitrogens with two attached hydrogens (primary N) is 1. The fraction of sp³-hybridized carbons (Fsp3) is 0.615. The summed E-state index contributed by atoms with van der Waals surface area (Å²) >= 11 is 0. The highest BCUT2D eigenvalue weighted by Gasteiger charge is 2.20. The van der Waals surface area contributed by atoms with Crippen molar-refractivity contribution in [3.63, 3.8) is 0 Å². The van der Waals surface area contributed by atoms with E-state index in [9.17, 15) is 0 Å². The topological polar surface area (TPSA) is 42.1 Å². The minimum Gasteiger partial charge on any atom is -0.329 e. The zero-order chi connectivity index (χ0) is 11.2. The van der Waals surface area contributed by atoms with Crippen LogP contribution in [-0.2, 0) is 6.42 Å². The van der Waals surface area contributed by atoms with Gasteiger partial charge in [0.05, 0.1) is 0 Å². The number of rotatable bonds is 4. The van der Waals surface area contributed by atoms with Gasteiger partial charge in [0.25, 0.3) is 0 Å². The molecule has 0 aliphatic carbocycles. The summed E-state index contributed by atoms with van der Waals surface area (Å²) in [6, 6.07) is 4.76. The molecule has 2 rings (SSSR count). The van der Waals surface area contributed by atoms with Crippen molar-refractivity contribution in [2.45, 2.75) is 31.7 Å². The molecule has 0 amide bonds. The van der Waals surface area contributed by atoms with Crippen LogP contribution in [0.25, 0.3) is 0 Å². The Morgan fingerprint density at radius 1 is 1.33 bits per heavy atom. The van der Waals surface area contributed by atoms with Crippen molar-refractivity contribution in [2.75, 3.05) is 19.6 Å². The van der Waals surface area contributed by atoms with Crippen molar-refractivity contribution in [3.05, 3.63) is 30.1 Å². The van der Waals surface area contributed by atoms with Gasteiger partial charge in [-0.05, 0) is 37.4 Å². The Morgan fingerprint density at radius 2 is 2.17 bits per heavy atom. The fourth-order valence-electron chi connectivity index (χ4n) is 2.44. The highest BCUT2D eigenvalue weighted by molar-refractivity contribution is 5.85. The minimum atomic E-state index is 0. The number of pyridine rings is 1. The zero-order valence-corrected chi connectivity index (χ0v) is 12.3. The highest BCUT2D eigenvalue weighted by Crippen LogP contribution is 2.16. The van der Waals surface area contributed by atoms with E-state index in [4.69, 9.17) is 5.73 Å². The van der Waals surface area contributed by atoms with E-state index in [1.54, 1.807) is 0 Å². The number of hydrogen-bond acceptors (Lipinski definition) is 3. The molecule has 0 spiro atoms. The van der Waals surface area contributed by atoms with E-state index in [1.165, 1.54) is 31.4 Å². The third-order valence-corrected chi connectivity index (χ3v) is 3.43. The zero-order valence-electron chi connectivity index (χ0n) is 10.6. The molecule has 0 bridgehead atoms. The Morgan fingerprint density at radius 3 is 2.83 bits per heavy atom. The van der Waals surface area contributed by atoms with Crippen molar-refractivity contribution in [1.82, 2.24) is 9.88 Å². The summed E-state index contributed by atoms with van der Waals surface area (Å²) in [6.07, 6.45) is 8.80. The first-order valence-corrected chi connectivity index (χ1v) is 6.23. The molecule has 18 heavy (non-hydrogen) atoms. The van der Waals surface area contributed by atoms with Crippen LogP contribution in [0.3, 0.4) is 0 Å². The molecule has 0 saturated carbocycles.